The second-order valence-electron chi connectivity index (χ2n) is 8.49. The molecule has 4 aromatic rings. The van der Waals surface area contributed by atoms with E-state index in [4.69, 9.17) is 0 Å². The highest BCUT2D eigenvalue weighted by molar-refractivity contribution is 5.63. The Labute approximate surface area is 243 Å². The number of benzene rings is 4. The van der Waals surface area contributed by atoms with Gasteiger partial charge in [0.2, 0.25) is 0 Å². The summed E-state index contributed by atoms with van der Waals surface area (Å²) in [6.45, 7) is 27.9. The van der Waals surface area contributed by atoms with Crippen molar-refractivity contribution in [3.63, 3.8) is 0 Å². The first-order valence-corrected chi connectivity index (χ1v) is 13.2. The highest BCUT2D eigenvalue weighted by Gasteiger charge is 1.90. The number of rotatable bonds is 8. The van der Waals surface area contributed by atoms with Gasteiger partial charge in [0.15, 0.2) is 0 Å². The predicted molar refractivity (Wildman–Crippen MR) is 186 cm³/mol. The maximum absolute atomic E-state index is 3.69. The van der Waals surface area contributed by atoms with Gasteiger partial charge in [-0.2, -0.15) is 0 Å². The SMILES string of the molecule is C=Cc1ccc(C=C)cc1.C=Cc1ccc(CC)cc1.C=Cc1cccc(C=C)c1.C=Cc1ccccc1C=C. The van der Waals surface area contributed by atoms with E-state index in [9.17, 15) is 0 Å². The van der Waals surface area contributed by atoms with Crippen molar-refractivity contribution < 1.29 is 0 Å². The first-order chi connectivity index (χ1) is 19.5. The van der Waals surface area contributed by atoms with Crippen molar-refractivity contribution in [1.82, 2.24) is 0 Å². The molecule has 0 saturated heterocycles. The highest BCUT2D eigenvalue weighted by atomic mass is 13.9. The van der Waals surface area contributed by atoms with Crippen LogP contribution in [0.1, 0.15) is 51.4 Å². The Kier molecular flexibility index (Phi) is 16.6. The standard InChI is InChI=1S/C10H12.3C10H10/c2*1-3-9-5-7-10(4-2)8-6-9;1-3-9-6-5-7-10(4-2)8-9;1-3-9-7-5-6-8-10(9)4-2/h3,5-8H,1,4H2,2H3;3*3-8H,1-2H2. The minimum absolute atomic E-state index is 1.11. The molecule has 0 unspecified atom stereocenters. The topological polar surface area (TPSA) is 0 Å². The zero-order chi connectivity index (χ0) is 29.6. The predicted octanol–water partition coefficient (Wildman–Crippen LogP) is 11.8. The van der Waals surface area contributed by atoms with Crippen molar-refractivity contribution in [3.8, 4) is 0 Å². The Morgan fingerprint density at radius 1 is 0.400 bits per heavy atom. The van der Waals surface area contributed by atoms with Crippen LogP contribution in [0.2, 0.25) is 0 Å². The van der Waals surface area contributed by atoms with Crippen LogP contribution in [0.4, 0.5) is 0 Å². The van der Waals surface area contributed by atoms with Crippen LogP contribution < -0.4 is 0 Å². The lowest BCUT2D eigenvalue weighted by Crippen LogP contribution is -1.78. The van der Waals surface area contributed by atoms with E-state index in [2.05, 4.69) is 77.2 Å². The summed E-state index contributed by atoms with van der Waals surface area (Å²) < 4.78 is 0. The van der Waals surface area contributed by atoms with Gasteiger partial charge in [0.25, 0.3) is 0 Å². The number of hydrogen-bond donors (Lipinski definition) is 0. The Morgan fingerprint density at radius 2 is 0.750 bits per heavy atom. The van der Waals surface area contributed by atoms with Gasteiger partial charge >= 0.3 is 0 Å². The zero-order valence-corrected chi connectivity index (χ0v) is 23.9. The van der Waals surface area contributed by atoms with Gasteiger partial charge in [-0.25, -0.2) is 0 Å². The van der Waals surface area contributed by atoms with E-state index in [0.717, 1.165) is 39.8 Å². The molecule has 0 aliphatic heterocycles. The lowest BCUT2D eigenvalue weighted by atomic mass is 10.1. The Morgan fingerprint density at radius 3 is 1.05 bits per heavy atom. The molecule has 0 bridgehead atoms. The third-order valence-corrected chi connectivity index (χ3v) is 5.85. The first-order valence-electron chi connectivity index (χ1n) is 13.2. The molecule has 0 amide bonds. The molecule has 0 heteroatoms. The van der Waals surface area contributed by atoms with Crippen LogP contribution in [0.15, 0.2) is 143 Å². The Bertz CT molecular complexity index is 1290. The minimum Gasteiger partial charge on any atom is -0.0985 e. The van der Waals surface area contributed by atoms with Gasteiger partial charge in [-0.1, -0.05) is 187 Å². The second kappa shape index (κ2) is 20.1. The first kappa shape index (κ1) is 33.1. The van der Waals surface area contributed by atoms with E-state index in [1.807, 2.05) is 115 Å². The summed E-state index contributed by atoms with van der Waals surface area (Å²) in [4.78, 5) is 0. The highest BCUT2D eigenvalue weighted by Crippen LogP contribution is 2.10. The molecule has 0 spiro atoms. The van der Waals surface area contributed by atoms with Gasteiger partial charge in [0.1, 0.15) is 0 Å². The number of aryl methyl sites for hydroxylation is 1. The lowest BCUT2D eigenvalue weighted by molar-refractivity contribution is 1.14. The van der Waals surface area contributed by atoms with E-state index in [-0.39, 0.29) is 0 Å². The minimum atomic E-state index is 1.11. The fourth-order valence-electron chi connectivity index (χ4n) is 3.35. The van der Waals surface area contributed by atoms with E-state index in [1.165, 1.54) is 11.1 Å². The summed E-state index contributed by atoms with van der Waals surface area (Å²) in [6.07, 6.45) is 13.9. The van der Waals surface area contributed by atoms with Gasteiger partial charge in [0.05, 0.1) is 0 Å². The normalized spacial score (nSPS) is 8.93. The average molecular weight is 523 g/mol. The van der Waals surface area contributed by atoms with Crippen molar-refractivity contribution in [1.29, 1.82) is 0 Å². The van der Waals surface area contributed by atoms with Crippen molar-refractivity contribution in [3.05, 3.63) is 188 Å². The summed E-state index contributed by atoms with van der Waals surface area (Å²) in [5.74, 6) is 0. The molecule has 0 saturated carbocycles. The van der Waals surface area contributed by atoms with Crippen molar-refractivity contribution in [2.45, 2.75) is 13.3 Å². The molecule has 0 aliphatic carbocycles. The lowest BCUT2D eigenvalue weighted by Gasteiger charge is -1.96. The van der Waals surface area contributed by atoms with Crippen LogP contribution in [-0.4, -0.2) is 0 Å². The molecule has 0 aromatic heterocycles. The summed E-state index contributed by atoms with van der Waals surface area (Å²) in [7, 11) is 0. The van der Waals surface area contributed by atoms with Gasteiger partial charge in [-0.15, -0.1) is 0 Å². The molecule has 0 nitrogen and oxygen atoms in total. The van der Waals surface area contributed by atoms with Gasteiger partial charge < -0.3 is 0 Å². The average Bonchev–Trinajstić information content (AvgIpc) is 3.05. The summed E-state index contributed by atoms with van der Waals surface area (Å²) >= 11 is 0. The van der Waals surface area contributed by atoms with Crippen LogP contribution in [0.5, 0.6) is 0 Å². The van der Waals surface area contributed by atoms with E-state index < -0.39 is 0 Å². The van der Waals surface area contributed by atoms with E-state index in [0.29, 0.717) is 0 Å². The third-order valence-electron chi connectivity index (χ3n) is 5.85. The molecule has 0 aliphatic rings. The monoisotopic (exact) mass is 522 g/mol. The largest absolute Gasteiger partial charge is 0.0985 e. The third kappa shape index (κ3) is 12.5. The molecule has 0 radical (unpaired) electrons. The fourth-order valence-corrected chi connectivity index (χ4v) is 3.35. The summed E-state index contributed by atoms with van der Waals surface area (Å²) in [5.41, 5.74) is 9.41. The molecular weight excluding hydrogens is 480 g/mol. The van der Waals surface area contributed by atoms with Crippen LogP contribution in [0.3, 0.4) is 0 Å². The van der Waals surface area contributed by atoms with Crippen molar-refractivity contribution in [2.24, 2.45) is 0 Å². The Hall–Kier alpha value is -4.94. The maximum atomic E-state index is 3.69. The van der Waals surface area contributed by atoms with Crippen LogP contribution >= 0.6 is 0 Å². The molecule has 0 N–H and O–H groups in total. The van der Waals surface area contributed by atoms with Gasteiger partial charge in [-0.3, -0.25) is 0 Å². The molecule has 4 rings (SSSR count). The van der Waals surface area contributed by atoms with E-state index >= 15 is 0 Å². The zero-order valence-electron chi connectivity index (χ0n) is 23.9. The smallest absolute Gasteiger partial charge is 0.0190 e. The molecule has 40 heavy (non-hydrogen) atoms. The fraction of sp³-hybridized carbons (Fsp3) is 0.0500. The second-order valence-corrected chi connectivity index (χ2v) is 8.49. The van der Waals surface area contributed by atoms with E-state index in [1.54, 1.807) is 0 Å². The molecule has 0 fully saturated rings. The van der Waals surface area contributed by atoms with Crippen LogP contribution in [0.25, 0.3) is 42.5 Å². The van der Waals surface area contributed by atoms with Gasteiger partial charge in [0, 0.05) is 0 Å². The molecule has 0 heterocycles. The molecule has 4 aromatic carbocycles. The summed E-state index contributed by atoms with van der Waals surface area (Å²) in [5, 5.41) is 0. The molecule has 0 atom stereocenters. The maximum Gasteiger partial charge on any atom is -0.0190 e. The molecular formula is C40H42. The Balaban J connectivity index is 0.000000267. The summed E-state index contributed by atoms with van der Waals surface area (Å²) in [6, 6.07) is 32.6. The van der Waals surface area contributed by atoms with Gasteiger partial charge in [-0.05, 0) is 57.0 Å². The van der Waals surface area contributed by atoms with Crippen molar-refractivity contribution in [2.75, 3.05) is 0 Å². The molecule has 202 valence electrons. The quantitative estimate of drug-likeness (QED) is 0.216. The van der Waals surface area contributed by atoms with Crippen molar-refractivity contribution >= 4 is 42.5 Å². The van der Waals surface area contributed by atoms with Crippen LogP contribution in [0, 0.1) is 0 Å². The van der Waals surface area contributed by atoms with Crippen LogP contribution in [-0.2, 0) is 6.42 Å². The number of hydrogen-bond acceptors (Lipinski definition) is 0.